The molecule has 48 heavy (non-hydrogen) atoms. The van der Waals surface area contributed by atoms with Crippen molar-refractivity contribution in [1.82, 2.24) is 0 Å². The van der Waals surface area contributed by atoms with Gasteiger partial charge in [0.2, 0.25) is 0 Å². The molecule has 0 fully saturated rings. The number of allylic oxidation sites excluding steroid dienone is 4. The van der Waals surface area contributed by atoms with Crippen LogP contribution < -0.4 is 0 Å². The van der Waals surface area contributed by atoms with Gasteiger partial charge in [-0.1, -0.05) is 142 Å². The van der Waals surface area contributed by atoms with Gasteiger partial charge in [-0.15, -0.1) is 0 Å². The first kappa shape index (κ1) is 46.2. The summed E-state index contributed by atoms with van der Waals surface area (Å²) in [5.74, 6) is 0.0721. The molecular weight excluding hydrogens is 631 g/mol. The number of hydrogen-bond donors (Lipinski definition) is 2. The highest BCUT2D eigenvalue weighted by molar-refractivity contribution is 7.46. The predicted molar refractivity (Wildman–Crippen MR) is 193 cm³/mol. The van der Waals surface area contributed by atoms with E-state index in [9.17, 15) is 18.9 Å². The number of ether oxygens (including phenoxy) is 2. The lowest BCUT2D eigenvalue weighted by atomic mass is 9.99. The third-order valence-corrected chi connectivity index (χ3v) is 8.97. The zero-order valence-electron chi connectivity index (χ0n) is 30.5. The molecule has 0 aromatic rings. The van der Waals surface area contributed by atoms with Crippen molar-refractivity contribution in [3.8, 4) is 0 Å². The van der Waals surface area contributed by atoms with Crippen molar-refractivity contribution in [1.29, 1.82) is 0 Å². The highest BCUT2D eigenvalue weighted by Gasteiger charge is 2.22. The quantitative estimate of drug-likeness (QED) is 0.0221. The molecule has 280 valence electrons. The molecule has 0 rings (SSSR count). The fraction of sp³-hybridized carbons (Fsp3) is 0.816. The number of rotatable bonds is 34. The van der Waals surface area contributed by atoms with E-state index in [0.29, 0.717) is 19.3 Å². The van der Waals surface area contributed by atoms with Crippen molar-refractivity contribution in [2.75, 3.05) is 13.2 Å². The van der Waals surface area contributed by atoms with Gasteiger partial charge in [-0.2, -0.15) is 0 Å². The Hall–Kier alpha value is -1.80. The minimum atomic E-state index is -4.77. The standard InChI is InChI=1S/C38H69O9P/c1-4-6-22-28-35(39)29-24-19-15-11-9-13-17-21-26-31-38(41)47-36(33-46-48(42,43)44)32-45-37(40)30-25-20-16-12-8-7-10-14-18-23-27-34(3)5-2/h15,19,24,29,34,36H,4-14,16-18,20-23,25-28,30-33H2,1-3H3,(H2,42,43,44)/b19-15-,29-24+/t34?,36-/m1/s1. The highest BCUT2D eigenvalue weighted by Crippen LogP contribution is 2.36. The molecule has 0 saturated heterocycles. The van der Waals surface area contributed by atoms with Crippen molar-refractivity contribution in [3.05, 3.63) is 24.3 Å². The zero-order valence-corrected chi connectivity index (χ0v) is 31.4. The SMILES string of the molecule is CCCCCC(=O)/C=C/C=C\CCCCCCCC(=O)O[C@H](COC(=O)CCCCCCCCCCCCC(C)CC)COP(=O)(O)O. The molecule has 0 amide bonds. The lowest BCUT2D eigenvalue weighted by Gasteiger charge is -2.18. The van der Waals surface area contributed by atoms with Crippen LogP contribution in [0.1, 0.15) is 175 Å². The average molecular weight is 701 g/mol. The minimum Gasteiger partial charge on any atom is -0.462 e. The van der Waals surface area contributed by atoms with Gasteiger partial charge in [0.1, 0.15) is 6.61 Å². The van der Waals surface area contributed by atoms with Gasteiger partial charge in [0.05, 0.1) is 6.61 Å². The molecule has 0 radical (unpaired) electrons. The summed E-state index contributed by atoms with van der Waals surface area (Å²) < 4.78 is 26.3. The first-order chi connectivity index (χ1) is 23.1. The summed E-state index contributed by atoms with van der Waals surface area (Å²) in [5, 5.41) is 0. The third kappa shape index (κ3) is 34.1. The Balaban J connectivity index is 4.04. The minimum absolute atomic E-state index is 0.162. The maximum atomic E-state index is 12.3. The molecule has 10 heteroatoms. The second kappa shape index (κ2) is 32.4. The normalized spacial score (nSPS) is 13.3. The number of phosphoric acid groups is 1. The maximum Gasteiger partial charge on any atom is 0.469 e. The Morgan fingerprint density at radius 2 is 1.21 bits per heavy atom. The van der Waals surface area contributed by atoms with E-state index in [0.717, 1.165) is 76.5 Å². The van der Waals surface area contributed by atoms with Crippen molar-refractivity contribution in [3.63, 3.8) is 0 Å². The van der Waals surface area contributed by atoms with E-state index in [-0.39, 0.29) is 25.2 Å². The second-order valence-corrected chi connectivity index (χ2v) is 14.4. The summed E-state index contributed by atoms with van der Waals surface area (Å²) in [6.07, 6.45) is 30.2. The van der Waals surface area contributed by atoms with Gasteiger partial charge >= 0.3 is 19.8 Å². The summed E-state index contributed by atoms with van der Waals surface area (Å²) in [7, 11) is -4.77. The lowest BCUT2D eigenvalue weighted by molar-refractivity contribution is -0.161. The van der Waals surface area contributed by atoms with E-state index < -0.39 is 32.5 Å². The molecule has 0 aliphatic heterocycles. The number of esters is 2. The Morgan fingerprint density at radius 3 is 1.79 bits per heavy atom. The molecular formula is C38H69O9P. The predicted octanol–water partition coefficient (Wildman–Crippen LogP) is 10.3. The molecule has 2 atom stereocenters. The Bertz CT molecular complexity index is 912. The van der Waals surface area contributed by atoms with Crippen molar-refractivity contribution in [2.24, 2.45) is 5.92 Å². The van der Waals surface area contributed by atoms with E-state index in [1.54, 1.807) is 12.2 Å². The van der Waals surface area contributed by atoms with Gasteiger partial charge in [-0.25, -0.2) is 4.57 Å². The fourth-order valence-corrected chi connectivity index (χ4v) is 5.57. The summed E-state index contributed by atoms with van der Waals surface area (Å²) >= 11 is 0. The number of phosphoric ester groups is 1. The average Bonchev–Trinajstić information content (AvgIpc) is 3.04. The first-order valence-electron chi connectivity index (χ1n) is 19.0. The summed E-state index contributed by atoms with van der Waals surface area (Å²) in [6.45, 7) is 5.84. The smallest absolute Gasteiger partial charge is 0.462 e. The molecule has 0 aromatic carbocycles. The molecule has 9 nitrogen and oxygen atoms in total. The third-order valence-electron chi connectivity index (χ3n) is 8.49. The second-order valence-electron chi connectivity index (χ2n) is 13.2. The van der Waals surface area contributed by atoms with Gasteiger partial charge in [0, 0.05) is 19.3 Å². The highest BCUT2D eigenvalue weighted by atomic mass is 31.2. The van der Waals surface area contributed by atoms with Crippen LogP contribution in [0.25, 0.3) is 0 Å². The summed E-state index contributed by atoms with van der Waals surface area (Å²) in [5.41, 5.74) is 0. The lowest BCUT2D eigenvalue weighted by Crippen LogP contribution is -2.29. The monoisotopic (exact) mass is 700 g/mol. The van der Waals surface area contributed by atoms with Crippen molar-refractivity contribution in [2.45, 2.75) is 181 Å². The summed E-state index contributed by atoms with van der Waals surface area (Å²) in [6, 6.07) is 0. The van der Waals surface area contributed by atoms with Gasteiger partial charge in [-0.3, -0.25) is 18.9 Å². The van der Waals surface area contributed by atoms with E-state index in [4.69, 9.17) is 19.3 Å². The van der Waals surface area contributed by atoms with Crippen LogP contribution in [-0.2, 0) is 32.9 Å². The van der Waals surface area contributed by atoms with Gasteiger partial charge in [0.15, 0.2) is 11.9 Å². The fourth-order valence-electron chi connectivity index (χ4n) is 5.21. The molecule has 0 aliphatic rings. The Kier molecular flexibility index (Phi) is 31.2. The van der Waals surface area contributed by atoms with E-state index in [1.165, 1.54) is 51.4 Å². The van der Waals surface area contributed by atoms with Crippen molar-refractivity contribution >= 4 is 25.5 Å². The molecule has 0 heterocycles. The molecule has 0 spiro atoms. The number of carbonyl (C=O) groups excluding carboxylic acids is 3. The van der Waals surface area contributed by atoms with Crippen LogP contribution in [0.5, 0.6) is 0 Å². The van der Waals surface area contributed by atoms with Gasteiger partial charge in [-0.05, 0) is 44.1 Å². The van der Waals surface area contributed by atoms with E-state index in [2.05, 4.69) is 31.4 Å². The van der Waals surface area contributed by atoms with Crippen LogP contribution >= 0.6 is 7.82 Å². The topological polar surface area (TPSA) is 136 Å². The van der Waals surface area contributed by atoms with Crippen LogP contribution in [0.15, 0.2) is 24.3 Å². The van der Waals surface area contributed by atoms with Gasteiger partial charge < -0.3 is 19.3 Å². The maximum absolute atomic E-state index is 12.3. The molecule has 0 saturated carbocycles. The molecule has 0 aliphatic carbocycles. The van der Waals surface area contributed by atoms with Crippen LogP contribution in [0, 0.1) is 5.92 Å². The van der Waals surface area contributed by atoms with Crippen molar-refractivity contribution < 1.29 is 42.7 Å². The first-order valence-corrected chi connectivity index (χ1v) is 20.5. The Morgan fingerprint density at radius 1 is 0.667 bits per heavy atom. The zero-order chi connectivity index (χ0) is 35.7. The van der Waals surface area contributed by atoms with Crippen LogP contribution in [0.2, 0.25) is 0 Å². The number of hydrogen-bond acceptors (Lipinski definition) is 7. The molecule has 0 bridgehead atoms. The number of ketones is 1. The molecule has 0 aromatic heterocycles. The van der Waals surface area contributed by atoms with E-state index in [1.807, 2.05) is 6.08 Å². The summed E-state index contributed by atoms with van der Waals surface area (Å²) in [4.78, 5) is 54.4. The largest absolute Gasteiger partial charge is 0.469 e. The Labute approximate surface area is 292 Å². The van der Waals surface area contributed by atoms with E-state index >= 15 is 0 Å². The van der Waals surface area contributed by atoms with Crippen LogP contribution in [0.4, 0.5) is 0 Å². The van der Waals surface area contributed by atoms with Crippen LogP contribution in [0.3, 0.4) is 0 Å². The molecule has 2 N–H and O–H groups in total. The number of carbonyl (C=O) groups is 3. The molecule has 1 unspecified atom stereocenters. The number of unbranched alkanes of at least 4 members (excludes halogenated alkanes) is 16. The van der Waals surface area contributed by atoms with Gasteiger partial charge in [0.25, 0.3) is 0 Å². The van der Waals surface area contributed by atoms with Crippen LogP contribution in [-0.4, -0.2) is 46.8 Å².